The van der Waals surface area contributed by atoms with Gasteiger partial charge in [-0.2, -0.15) is 0 Å². The monoisotopic (exact) mass is 285 g/mol. The van der Waals surface area contributed by atoms with Gasteiger partial charge in [-0.25, -0.2) is 0 Å². The Balaban J connectivity index is 2.94. The highest BCUT2D eigenvalue weighted by Gasteiger charge is 2.14. The molecular weight excluding hydrogens is 266 g/mol. The predicted molar refractivity (Wildman–Crippen MR) is 71.7 cm³/mol. The third-order valence-electron chi connectivity index (χ3n) is 2.40. The summed E-state index contributed by atoms with van der Waals surface area (Å²) in [6.07, 6.45) is 0.969. The minimum atomic E-state index is 0.0408. The Hall–Kier alpha value is -0.540. The van der Waals surface area contributed by atoms with E-state index in [4.69, 9.17) is 10.5 Å². The van der Waals surface area contributed by atoms with Crippen LogP contribution in [0.3, 0.4) is 0 Å². The van der Waals surface area contributed by atoms with Gasteiger partial charge in [0, 0.05) is 16.1 Å². The van der Waals surface area contributed by atoms with Crippen molar-refractivity contribution in [2.75, 3.05) is 6.61 Å². The zero-order chi connectivity index (χ0) is 12.1. The first kappa shape index (κ1) is 13.5. The van der Waals surface area contributed by atoms with E-state index in [0.29, 0.717) is 12.5 Å². The van der Waals surface area contributed by atoms with Crippen LogP contribution < -0.4 is 10.5 Å². The predicted octanol–water partition coefficient (Wildman–Crippen LogP) is 3.89. The second kappa shape index (κ2) is 6.26. The van der Waals surface area contributed by atoms with Crippen LogP contribution in [0.1, 0.15) is 38.8 Å². The van der Waals surface area contributed by atoms with E-state index in [1.807, 2.05) is 19.1 Å². The van der Waals surface area contributed by atoms with Crippen molar-refractivity contribution in [1.82, 2.24) is 0 Å². The molecule has 2 N–H and O–H groups in total. The third kappa shape index (κ3) is 3.80. The topological polar surface area (TPSA) is 35.2 Å². The van der Waals surface area contributed by atoms with Crippen molar-refractivity contribution in [3.05, 3.63) is 28.2 Å². The second-order valence-electron chi connectivity index (χ2n) is 4.35. The van der Waals surface area contributed by atoms with Crippen molar-refractivity contribution < 1.29 is 4.74 Å². The van der Waals surface area contributed by atoms with E-state index in [2.05, 4.69) is 35.8 Å². The van der Waals surface area contributed by atoms with Crippen LogP contribution in [0.25, 0.3) is 0 Å². The molecule has 0 aliphatic carbocycles. The molecule has 1 unspecified atom stereocenters. The van der Waals surface area contributed by atoms with Crippen molar-refractivity contribution in [3.8, 4) is 5.75 Å². The summed E-state index contributed by atoms with van der Waals surface area (Å²) < 4.78 is 6.64. The maximum atomic E-state index is 6.20. The van der Waals surface area contributed by atoms with Gasteiger partial charge >= 0.3 is 0 Å². The Labute approximate surface area is 106 Å². The Morgan fingerprint density at radius 2 is 2.06 bits per heavy atom. The summed E-state index contributed by atoms with van der Waals surface area (Å²) in [7, 11) is 0. The summed E-state index contributed by atoms with van der Waals surface area (Å²) in [5, 5.41) is 0. The molecule has 0 aliphatic heterocycles. The van der Waals surface area contributed by atoms with Crippen LogP contribution in [0.5, 0.6) is 5.75 Å². The molecule has 0 aliphatic rings. The average molecular weight is 286 g/mol. The zero-order valence-corrected chi connectivity index (χ0v) is 11.8. The largest absolute Gasteiger partial charge is 0.494 e. The van der Waals surface area contributed by atoms with Crippen molar-refractivity contribution in [2.24, 2.45) is 11.7 Å². The Morgan fingerprint density at radius 1 is 1.38 bits per heavy atom. The van der Waals surface area contributed by atoms with Gasteiger partial charge in [0.1, 0.15) is 5.75 Å². The van der Waals surface area contributed by atoms with Crippen molar-refractivity contribution in [1.29, 1.82) is 0 Å². The van der Waals surface area contributed by atoms with Crippen LogP contribution >= 0.6 is 15.9 Å². The van der Waals surface area contributed by atoms with Crippen LogP contribution in [0, 0.1) is 5.92 Å². The van der Waals surface area contributed by atoms with E-state index in [1.165, 1.54) is 0 Å². The molecule has 1 atom stereocenters. The van der Waals surface area contributed by atoms with Gasteiger partial charge in [0.25, 0.3) is 0 Å². The van der Waals surface area contributed by atoms with E-state index < -0.39 is 0 Å². The van der Waals surface area contributed by atoms with Crippen LogP contribution in [0.2, 0.25) is 0 Å². The van der Waals surface area contributed by atoms with Gasteiger partial charge in [0.05, 0.1) is 6.61 Å². The standard InChI is InChI=1S/C13H20BrNO/c1-4-16-13-6-5-10(14)8-11(13)12(15)7-9(2)3/h5-6,8-9,12H,4,7,15H2,1-3H3. The highest BCUT2D eigenvalue weighted by Crippen LogP contribution is 2.30. The van der Waals surface area contributed by atoms with Gasteiger partial charge in [-0.1, -0.05) is 29.8 Å². The van der Waals surface area contributed by atoms with Crippen molar-refractivity contribution in [3.63, 3.8) is 0 Å². The Bertz CT molecular complexity index is 339. The summed E-state index contributed by atoms with van der Waals surface area (Å²) in [5.41, 5.74) is 7.28. The molecule has 1 rings (SSSR count). The third-order valence-corrected chi connectivity index (χ3v) is 2.89. The molecule has 0 bridgehead atoms. The summed E-state index contributed by atoms with van der Waals surface area (Å²) in [6, 6.07) is 6.05. The summed E-state index contributed by atoms with van der Waals surface area (Å²) in [4.78, 5) is 0. The molecule has 0 saturated heterocycles. The maximum absolute atomic E-state index is 6.20. The Kier molecular flexibility index (Phi) is 5.29. The van der Waals surface area contributed by atoms with Gasteiger partial charge in [0.2, 0.25) is 0 Å². The van der Waals surface area contributed by atoms with E-state index in [-0.39, 0.29) is 6.04 Å². The van der Waals surface area contributed by atoms with Gasteiger partial charge in [0.15, 0.2) is 0 Å². The molecule has 0 spiro atoms. The fourth-order valence-electron chi connectivity index (χ4n) is 1.73. The lowest BCUT2D eigenvalue weighted by atomic mass is 9.97. The van der Waals surface area contributed by atoms with Crippen molar-refractivity contribution in [2.45, 2.75) is 33.2 Å². The number of benzene rings is 1. The number of ether oxygens (including phenoxy) is 1. The molecule has 2 nitrogen and oxygen atoms in total. The maximum Gasteiger partial charge on any atom is 0.124 e. The summed E-state index contributed by atoms with van der Waals surface area (Å²) in [6.45, 7) is 7.01. The fraction of sp³-hybridized carbons (Fsp3) is 0.538. The first-order valence-corrected chi connectivity index (χ1v) is 6.51. The molecule has 1 aromatic rings. The first-order valence-electron chi connectivity index (χ1n) is 5.72. The molecule has 0 amide bonds. The van der Waals surface area contributed by atoms with E-state index in [0.717, 1.165) is 22.2 Å². The fourth-order valence-corrected chi connectivity index (χ4v) is 2.11. The number of nitrogens with two attached hydrogens (primary N) is 1. The van der Waals surface area contributed by atoms with E-state index >= 15 is 0 Å². The van der Waals surface area contributed by atoms with Gasteiger partial charge in [-0.15, -0.1) is 0 Å². The molecule has 0 fully saturated rings. The number of hydrogen-bond donors (Lipinski definition) is 1. The first-order chi connectivity index (χ1) is 7.54. The molecule has 0 saturated carbocycles. The van der Waals surface area contributed by atoms with Crippen LogP contribution in [0.4, 0.5) is 0 Å². The SMILES string of the molecule is CCOc1ccc(Br)cc1C(N)CC(C)C. The van der Waals surface area contributed by atoms with Crippen LogP contribution in [-0.4, -0.2) is 6.61 Å². The zero-order valence-electron chi connectivity index (χ0n) is 10.2. The lowest BCUT2D eigenvalue weighted by Gasteiger charge is -2.18. The molecule has 0 aromatic heterocycles. The molecule has 1 aromatic carbocycles. The number of halogens is 1. The number of rotatable bonds is 5. The van der Waals surface area contributed by atoms with E-state index in [9.17, 15) is 0 Å². The normalized spacial score (nSPS) is 12.9. The molecular formula is C13H20BrNO. The van der Waals surface area contributed by atoms with Gasteiger partial charge < -0.3 is 10.5 Å². The second-order valence-corrected chi connectivity index (χ2v) is 5.27. The lowest BCUT2D eigenvalue weighted by molar-refractivity contribution is 0.332. The van der Waals surface area contributed by atoms with E-state index in [1.54, 1.807) is 0 Å². The number of hydrogen-bond acceptors (Lipinski definition) is 2. The molecule has 0 heterocycles. The quantitative estimate of drug-likeness (QED) is 0.891. The molecule has 90 valence electrons. The van der Waals surface area contributed by atoms with Crippen LogP contribution in [0.15, 0.2) is 22.7 Å². The van der Waals surface area contributed by atoms with Crippen molar-refractivity contribution >= 4 is 15.9 Å². The minimum Gasteiger partial charge on any atom is -0.494 e. The molecule has 16 heavy (non-hydrogen) atoms. The molecule has 0 radical (unpaired) electrons. The summed E-state index contributed by atoms with van der Waals surface area (Å²) >= 11 is 3.47. The minimum absolute atomic E-state index is 0.0408. The summed E-state index contributed by atoms with van der Waals surface area (Å²) in [5.74, 6) is 1.49. The van der Waals surface area contributed by atoms with Gasteiger partial charge in [-0.05, 0) is 37.5 Å². The Morgan fingerprint density at radius 3 is 2.62 bits per heavy atom. The van der Waals surface area contributed by atoms with Gasteiger partial charge in [-0.3, -0.25) is 0 Å². The average Bonchev–Trinajstić information content (AvgIpc) is 2.20. The lowest BCUT2D eigenvalue weighted by Crippen LogP contribution is -2.14. The van der Waals surface area contributed by atoms with Crippen LogP contribution in [-0.2, 0) is 0 Å². The highest BCUT2D eigenvalue weighted by atomic mass is 79.9. The highest BCUT2D eigenvalue weighted by molar-refractivity contribution is 9.10. The molecule has 3 heteroatoms. The smallest absolute Gasteiger partial charge is 0.124 e.